The minimum absolute atomic E-state index is 0.221. The van der Waals surface area contributed by atoms with Crippen LogP contribution < -0.4 is 10.2 Å². The Bertz CT molecular complexity index is 426. The highest BCUT2D eigenvalue weighted by Crippen LogP contribution is 2.33. The van der Waals surface area contributed by atoms with Crippen molar-refractivity contribution < 1.29 is 4.79 Å². The lowest BCUT2D eigenvalue weighted by Crippen LogP contribution is -2.33. The molecule has 0 unspecified atom stereocenters. The number of rotatable bonds is 3. The van der Waals surface area contributed by atoms with Crippen LogP contribution in [0.2, 0.25) is 0 Å². The lowest BCUT2D eigenvalue weighted by atomic mass is 10.0. The van der Waals surface area contributed by atoms with E-state index < -0.39 is 0 Å². The first-order chi connectivity index (χ1) is 7.65. The summed E-state index contributed by atoms with van der Waals surface area (Å²) in [5.41, 5.74) is 4.80. The molecule has 1 aliphatic heterocycles. The van der Waals surface area contributed by atoms with Crippen LogP contribution in [0.25, 0.3) is 0 Å². The number of carbonyl (C=O) groups is 1. The standard InChI is InChI=1S/C13H18N2O/c1-9-4-5-11-8-12(16)15(7-6-14-3)13(11)10(9)2/h4-5,14H,6-8H2,1-3H3. The summed E-state index contributed by atoms with van der Waals surface area (Å²) in [5.74, 6) is 0.221. The molecule has 0 aliphatic carbocycles. The van der Waals surface area contributed by atoms with Gasteiger partial charge in [0.1, 0.15) is 0 Å². The number of anilines is 1. The summed E-state index contributed by atoms with van der Waals surface area (Å²) < 4.78 is 0. The van der Waals surface area contributed by atoms with Gasteiger partial charge in [0.25, 0.3) is 0 Å². The third-order valence-corrected chi connectivity index (χ3v) is 3.28. The Morgan fingerprint density at radius 1 is 1.38 bits per heavy atom. The average Bonchev–Trinajstić information content (AvgIpc) is 2.58. The molecule has 0 atom stereocenters. The van der Waals surface area contributed by atoms with Gasteiger partial charge in [-0.05, 0) is 37.6 Å². The molecule has 3 heteroatoms. The molecule has 1 amide bonds. The third-order valence-electron chi connectivity index (χ3n) is 3.28. The van der Waals surface area contributed by atoms with Gasteiger partial charge in [-0.25, -0.2) is 0 Å². The van der Waals surface area contributed by atoms with Crippen LogP contribution in [-0.2, 0) is 11.2 Å². The molecule has 3 nitrogen and oxygen atoms in total. The summed E-state index contributed by atoms with van der Waals surface area (Å²) in [5, 5.41) is 3.09. The van der Waals surface area contributed by atoms with Gasteiger partial charge in [-0.15, -0.1) is 0 Å². The maximum atomic E-state index is 11.9. The van der Waals surface area contributed by atoms with Gasteiger partial charge in [-0.3, -0.25) is 4.79 Å². The van der Waals surface area contributed by atoms with Crippen LogP contribution in [0.3, 0.4) is 0 Å². The molecule has 1 N–H and O–H groups in total. The van der Waals surface area contributed by atoms with E-state index in [9.17, 15) is 4.79 Å². The van der Waals surface area contributed by atoms with Crippen molar-refractivity contribution in [3.63, 3.8) is 0 Å². The first kappa shape index (κ1) is 11.1. The lowest BCUT2D eigenvalue weighted by Gasteiger charge is -2.20. The number of nitrogens with one attached hydrogen (secondary N) is 1. The molecular weight excluding hydrogens is 200 g/mol. The van der Waals surface area contributed by atoms with Crippen molar-refractivity contribution in [3.8, 4) is 0 Å². The topological polar surface area (TPSA) is 32.3 Å². The van der Waals surface area contributed by atoms with E-state index in [1.807, 2.05) is 11.9 Å². The van der Waals surface area contributed by atoms with Crippen LogP contribution in [-0.4, -0.2) is 26.0 Å². The predicted molar refractivity (Wildman–Crippen MR) is 65.9 cm³/mol. The van der Waals surface area contributed by atoms with Gasteiger partial charge >= 0.3 is 0 Å². The zero-order valence-electron chi connectivity index (χ0n) is 10.1. The Morgan fingerprint density at radius 2 is 2.12 bits per heavy atom. The van der Waals surface area contributed by atoms with Crippen LogP contribution in [0.1, 0.15) is 16.7 Å². The first-order valence-corrected chi connectivity index (χ1v) is 5.69. The van der Waals surface area contributed by atoms with Gasteiger partial charge in [0.2, 0.25) is 5.91 Å². The highest BCUT2D eigenvalue weighted by atomic mass is 16.2. The number of amides is 1. The van der Waals surface area contributed by atoms with Crippen molar-refractivity contribution >= 4 is 11.6 Å². The molecule has 1 heterocycles. The number of aryl methyl sites for hydroxylation is 1. The van der Waals surface area contributed by atoms with Gasteiger partial charge in [0.15, 0.2) is 0 Å². The summed E-state index contributed by atoms with van der Waals surface area (Å²) in [4.78, 5) is 13.8. The first-order valence-electron chi connectivity index (χ1n) is 5.69. The van der Waals surface area contributed by atoms with Crippen molar-refractivity contribution in [3.05, 3.63) is 28.8 Å². The Balaban J connectivity index is 2.38. The molecule has 0 bridgehead atoms. The Kier molecular flexibility index (Phi) is 2.97. The molecule has 1 aromatic carbocycles. The number of fused-ring (bicyclic) bond motifs is 1. The molecule has 1 aromatic rings. The molecule has 0 saturated carbocycles. The fourth-order valence-electron chi connectivity index (χ4n) is 2.22. The Labute approximate surface area is 96.5 Å². The molecule has 16 heavy (non-hydrogen) atoms. The van der Waals surface area contributed by atoms with Gasteiger partial charge < -0.3 is 10.2 Å². The van der Waals surface area contributed by atoms with Gasteiger partial charge in [-0.1, -0.05) is 12.1 Å². The van der Waals surface area contributed by atoms with Crippen molar-refractivity contribution in [1.29, 1.82) is 0 Å². The van der Waals surface area contributed by atoms with Gasteiger partial charge in [0.05, 0.1) is 12.1 Å². The summed E-state index contributed by atoms with van der Waals surface area (Å²) in [6.07, 6.45) is 0.556. The third kappa shape index (κ3) is 1.71. The summed E-state index contributed by atoms with van der Waals surface area (Å²) >= 11 is 0. The van der Waals surface area contributed by atoms with Crippen LogP contribution in [0, 0.1) is 13.8 Å². The zero-order chi connectivity index (χ0) is 11.7. The summed E-state index contributed by atoms with van der Waals surface area (Å²) in [6, 6.07) is 4.18. The molecule has 0 radical (unpaired) electrons. The van der Waals surface area contributed by atoms with Crippen molar-refractivity contribution in [2.24, 2.45) is 0 Å². The van der Waals surface area contributed by atoms with Crippen LogP contribution in [0.5, 0.6) is 0 Å². The second kappa shape index (κ2) is 4.26. The average molecular weight is 218 g/mol. The van der Waals surface area contributed by atoms with E-state index in [2.05, 4.69) is 31.3 Å². The van der Waals surface area contributed by atoms with E-state index in [1.165, 1.54) is 16.7 Å². The molecule has 0 fully saturated rings. The maximum absolute atomic E-state index is 11.9. The normalized spacial score (nSPS) is 14.4. The van der Waals surface area contributed by atoms with E-state index in [-0.39, 0.29) is 5.91 Å². The molecule has 0 saturated heterocycles. The van der Waals surface area contributed by atoms with Crippen LogP contribution >= 0.6 is 0 Å². The smallest absolute Gasteiger partial charge is 0.231 e. The fraction of sp³-hybridized carbons (Fsp3) is 0.462. The SMILES string of the molecule is CNCCN1C(=O)Cc2ccc(C)c(C)c21. The van der Waals surface area contributed by atoms with Crippen molar-refractivity contribution in [2.75, 3.05) is 25.0 Å². The zero-order valence-corrected chi connectivity index (χ0v) is 10.1. The van der Waals surface area contributed by atoms with Crippen LogP contribution in [0.15, 0.2) is 12.1 Å². The highest BCUT2D eigenvalue weighted by molar-refractivity contribution is 6.02. The number of hydrogen-bond donors (Lipinski definition) is 1. The number of nitrogens with zero attached hydrogens (tertiary/aromatic N) is 1. The number of benzene rings is 1. The lowest BCUT2D eigenvalue weighted by molar-refractivity contribution is -0.117. The quantitative estimate of drug-likeness (QED) is 0.832. The Morgan fingerprint density at radius 3 is 2.81 bits per heavy atom. The Hall–Kier alpha value is -1.35. The summed E-state index contributed by atoms with van der Waals surface area (Å²) in [6.45, 7) is 5.78. The fourth-order valence-corrected chi connectivity index (χ4v) is 2.22. The van der Waals surface area contributed by atoms with E-state index in [0.717, 1.165) is 18.8 Å². The molecule has 1 aliphatic rings. The predicted octanol–water partition coefficient (Wildman–Crippen LogP) is 1.41. The van der Waals surface area contributed by atoms with Gasteiger partial charge in [0, 0.05) is 13.1 Å². The second-order valence-corrected chi connectivity index (χ2v) is 4.34. The number of hydrogen-bond acceptors (Lipinski definition) is 2. The minimum atomic E-state index is 0.221. The van der Waals surface area contributed by atoms with E-state index >= 15 is 0 Å². The molecule has 0 spiro atoms. The van der Waals surface area contributed by atoms with E-state index in [1.54, 1.807) is 0 Å². The largest absolute Gasteiger partial charge is 0.318 e. The highest BCUT2D eigenvalue weighted by Gasteiger charge is 2.28. The number of carbonyl (C=O) groups excluding carboxylic acids is 1. The molecule has 86 valence electrons. The van der Waals surface area contributed by atoms with E-state index in [4.69, 9.17) is 0 Å². The summed E-state index contributed by atoms with van der Waals surface area (Å²) in [7, 11) is 1.91. The van der Waals surface area contributed by atoms with Crippen molar-refractivity contribution in [1.82, 2.24) is 5.32 Å². The second-order valence-electron chi connectivity index (χ2n) is 4.34. The molecule has 0 aromatic heterocycles. The van der Waals surface area contributed by atoms with Crippen LogP contribution in [0.4, 0.5) is 5.69 Å². The van der Waals surface area contributed by atoms with Gasteiger partial charge in [-0.2, -0.15) is 0 Å². The van der Waals surface area contributed by atoms with Crippen molar-refractivity contribution in [2.45, 2.75) is 20.3 Å². The number of likely N-dealkylation sites (N-methyl/N-ethyl adjacent to an activating group) is 1. The minimum Gasteiger partial charge on any atom is -0.318 e. The molecular formula is C13H18N2O. The molecule has 2 rings (SSSR count). The van der Waals surface area contributed by atoms with E-state index in [0.29, 0.717) is 6.42 Å². The monoisotopic (exact) mass is 218 g/mol. The maximum Gasteiger partial charge on any atom is 0.231 e.